The number of nitrogens with zero attached hydrogens (tertiary/aromatic N) is 3. The molecule has 9 aromatic carbocycles. The number of hydrogen-bond donors (Lipinski definition) is 0. The van der Waals surface area contributed by atoms with Crippen molar-refractivity contribution in [1.29, 1.82) is 0 Å². The lowest BCUT2D eigenvalue weighted by molar-refractivity contribution is 0.686. The van der Waals surface area contributed by atoms with E-state index < -0.39 is 0 Å². The van der Waals surface area contributed by atoms with E-state index in [1.807, 2.05) is 0 Å². The van der Waals surface area contributed by atoms with Crippen molar-refractivity contribution in [3.63, 3.8) is 0 Å². The average Bonchev–Trinajstić information content (AvgIpc) is 4.12. The third kappa shape index (κ3) is 9.49. The van der Waals surface area contributed by atoms with Crippen molar-refractivity contribution >= 4 is 75.5 Å². The lowest BCUT2D eigenvalue weighted by Gasteiger charge is -2.30. The number of fused-ring (bicyclic) bond motifs is 3. The van der Waals surface area contributed by atoms with Gasteiger partial charge in [0.25, 0.3) is 0 Å². The smallest absolute Gasteiger partial charge is 0.0496 e. The van der Waals surface area contributed by atoms with Crippen LogP contribution in [0.2, 0.25) is 0 Å². The molecular weight excluding hydrogens is 859 g/mol. The van der Waals surface area contributed by atoms with Gasteiger partial charge in [-0.15, -0.1) is 0 Å². The molecule has 0 spiro atoms. The Hall–Kier alpha value is -8.14. The van der Waals surface area contributed by atoms with Crippen molar-refractivity contribution in [1.82, 2.24) is 0 Å². The van der Waals surface area contributed by atoms with Crippen molar-refractivity contribution < 1.29 is 0 Å². The lowest BCUT2D eigenvalue weighted by atomic mass is 9.90. The summed E-state index contributed by atoms with van der Waals surface area (Å²) in [5.41, 5.74) is 24.3. The highest BCUT2D eigenvalue weighted by molar-refractivity contribution is 5.83. The predicted molar refractivity (Wildman–Crippen MR) is 302 cm³/mol. The maximum Gasteiger partial charge on any atom is 0.0496 e. The average molecular weight is 918 g/mol. The van der Waals surface area contributed by atoms with Crippen molar-refractivity contribution in [2.45, 2.75) is 64.2 Å². The normalized spacial score (nSPS) is 13.8. The Morgan fingerprint density at radius 3 is 1.03 bits per heavy atom. The minimum atomic E-state index is 1.11. The molecule has 0 N–H and O–H groups in total. The molecule has 0 radical (unpaired) electrons. The third-order valence-corrected chi connectivity index (χ3v) is 14.9. The van der Waals surface area contributed by atoms with Crippen LogP contribution in [0, 0.1) is 0 Å². The quantitative estimate of drug-likeness (QED) is 0.107. The second-order valence-electron chi connectivity index (χ2n) is 19.4. The Kier molecular flexibility index (Phi) is 12.5. The first-order valence-corrected chi connectivity index (χ1v) is 25.8. The number of hydrogen-bond acceptors (Lipinski definition) is 3. The topological polar surface area (TPSA) is 9.72 Å². The fraction of sp³-hybridized carbons (Fsp3) is 0.147. The van der Waals surface area contributed by atoms with E-state index in [-0.39, 0.29) is 0 Å². The SMILES string of the molecule is C(=C\c1ccc(N(c2ccc(/C=C/c3ccc(N(c4ccccc4)c4ccc5c(c4)CCC5)cc3)cc2)c2cccc3c2CCCC3)cc1)/c1ccc(N(c2ccccc2)c2ccc3c(c2)CCC3)cc1. The van der Waals surface area contributed by atoms with Crippen LogP contribution >= 0.6 is 0 Å². The Balaban J connectivity index is 0.776. The van der Waals surface area contributed by atoms with Gasteiger partial charge in [-0.2, -0.15) is 0 Å². The summed E-state index contributed by atoms with van der Waals surface area (Å²) in [6, 6.07) is 78.4. The van der Waals surface area contributed by atoms with Crippen LogP contribution in [0.1, 0.15) is 81.3 Å². The first-order chi connectivity index (χ1) is 35.2. The minimum Gasteiger partial charge on any atom is -0.310 e. The first-order valence-electron chi connectivity index (χ1n) is 25.8. The third-order valence-electron chi connectivity index (χ3n) is 14.9. The zero-order chi connectivity index (χ0) is 47.3. The molecule has 0 saturated heterocycles. The summed E-state index contributed by atoms with van der Waals surface area (Å²) in [7, 11) is 0. The highest BCUT2D eigenvalue weighted by Crippen LogP contribution is 2.42. The van der Waals surface area contributed by atoms with Crippen molar-refractivity contribution in [2.24, 2.45) is 0 Å². The van der Waals surface area contributed by atoms with E-state index in [0.29, 0.717) is 0 Å². The molecule has 71 heavy (non-hydrogen) atoms. The van der Waals surface area contributed by atoms with E-state index in [9.17, 15) is 0 Å². The molecule has 0 atom stereocenters. The second-order valence-corrected chi connectivity index (χ2v) is 19.4. The summed E-state index contributed by atoms with van der Waals surface area (Å²) >= 11 is 0. The Bertz CT molecular complexity index is 3130. The highest BCUT2D eigenvalue weighted by atomic mass is 15.2. The zero-order valence-corrected chi connectivity index (χ0v) is 40.4. The number of rotatable bonds is 13. The van der Waals surface area contributed by atoms with Gasteiger partial charge in [0, 0.05) is 51.2 Å². The van der Waals surface area contributed by atoms with Crippen LogP contribution < -0.4 is 14.7 Å². The van der Waals surface area contributed by atoms with Crippen LogP contribution in [-0.2, 0) is 38.5 Å². The first kappa shape index (κ1) is 44.1. The monoisotopic (exact) mass is 917 g/mol. The van der Waals surface area contributed by atoms with Crippen molar-refractivity contribution in [2.75, 3.05) is 14.7 Å². The Morgan fingerprint density at radius 2 is 0.592 bits per heavy atom. The summed E-state index contributed by atoms with van der Waals surface area (Å²) in [4.78, 5) is 7.21. The van der Waals surface area contributed by atoms with E-state index in [2.05, 4.69) is 251 Å². The molecule has 3 aliphatic rings. The lowest BCUT2D eigenvalue weighted by Crippen LogP contribution is -2.15. The maximum atomic E-state index is 2.46. The standard InChI is InChI=1S/C68H59N3/c1-3-18-59(19-4-1)69(65-46-36-54-13-9-16-57(54)48-65)61-38-28-50(29-39-61)24-26-52-32-42-63(43-33-52)71(68-23-11-15-56-12-7-8-22-67(56)68)64-44-34-53(35-45-64)27-25-51-30-40-62(41-31-51)70(60-20-5-2-6-21-60)66-47-37-55-14-10-17-58(55)49-66/h1-6,11,15,18-21,23-49H,7-10,12-14,16-17,22H2/b26-24+,27-25+. The van der Waals surface area contributed by atoms with Crippen LogP contribution in [0.15, 0.2) is 212 Å². The van der Waals surface area contributed by atoms with Crippen molar-refractivity contribution in [3.05, 3.63) is 268 Å². The number of benzene rings is 9. The Morgan fingerprint density at radius 1 is 0.239 bits per heavy atom. The molecule has 0 heterocycles. The van der Waals surface area contributed by atoms with E-state index in [1.165, 1.54) is 123 Å². The molecule has 9 aromatic rings. The number of aryl methyl sites for hydroxylation is 5. The van der Waals surface area contributed by atoms with E-state index in [0.717, 1.165) is 48.4 Å². The molecule has 0 fully saturated rings. The fourth-order valence-electron chi connectivity index (χ4n) is 11.2. The van der Waals surface area contributed by atoms with Crippen LogP contribution in [0.3, 0.4) is 0 Å². The summed E-state index contributed by atoms with van der Waals surface area (Å²) in [5, 5.41) is 0. The largest absolute Gasteiger partial charge is 0.310 e. The van der Waals surface area contributed by atoms with E-state index in [1.54, 1.807) is 0 Å². The summed E-state index contributed by atoms with van der Waals surface area (Å²) < 4.78 is 0. The van der Waals surface area contributed by atoms with Gasteiger partial charge in [-0.25, -0.2) is 0 Å². The summed E-state index contributed by atoms with van der Waals surface area (Å²) in [6.45, 7) is 0. The Labute approximate surface area is 420 Å². The number of para-hydroxylation sites is 2. The van der Waals surface area contributed by atoms with Gasteiger partial charge in [0.1, 0.15) is 0 Å². The molecule has 3 aliphatic carbocycles. The molecule has 0 aromatic heterocycles. The van der Waals surface area contributed by atoms with Gasteiger partial charge in [0.05, 0.1) is 0 Å². The van der Waals surface area contributed by atoms with Gasteiger partial charge in [-0.1, -0.05) is 133 Å². The van der Waals surface area contributed by atoms with Gasteiger partial charge in [0.2, 0.25) is 0 Å². The van der Waals surface area contributed by atoms with Gasteiger partial charge < -0.3 is 14.7 Å². The van der Waals surface area contributed by atoms with Gasteiger partial charge in [0.15, 0.2) is 0 Å². The van der Waals surface area contributed by atoms with Gasteiger partial charge in [-0.05, 0) is 223 Å². The second kappa shape index (κ2) is 20.1. The van der Waals surface area contributed by atoms with Crippen LogP contribution in [0.5, 0.6) is 0 Å². The van der Waals surface area contributed by atoms with E-state index in [4.69, 9.17) is 0 Å². The molecule has 0 bridgehead atoms. The minimum absolute atomic E-state index is 1.11. The van der Waals surface area contributed by atoms with Gasteiger partial charge >= 0.3 is 0 Å². The zero-order valence-electron chi connectivity index (χ0n) is 40.4. The maximum absolute atomic E-state index is 2.46. The summed E-state index contributed by atoms with van der Waals surface area (Å²) in [5.74, 6) is 0. The molecule has 0 amide bonds. The fourth-order valence-corrected chi connectivity index (χ4v) is 11.2. The number of anilines is 9. The van der Waals surface area contributed by atoms with E-state index >= 15 is 0 Å². The molecule has 3 nitrogen and oxygen atoms in total. The molecular formula is C68H59N3. The highest BCUT2D eigenvalue weighted by Gasteiger charge is 2.22. The summed E-state index contributed by atoms with van der Waals surface area (Å²) in [6.07, 6.45) is 20.8. The van der Waals surface area contributed by atoms with Crippen molar-refractivity contribution in [3.8, 4) is 0 Å². The van der Waals surface area contributed by atoms with Gasteiger partial charge in [-0.3, -0.25) is 0 Å². The predicted octanol–water partition coefficient (Wildman–Crippen LogP) is 18.3. The van der Waals surface area contributed by atoms with Crippen LogP contribution in [-0.4, -0.2) is 0 Å². The molecule has 0 saturated carbocycles. The van der Waals surface area contributed by atoms with Crippen LogP contribution in [0.25, 0.3) is 24.3 Å². The molecule has 0 unspecified atom stereocenters. The van der Waals surface area contributed by atoms with Crippen LogP contribution in [0.4, 0.5) is 51.2 Å². The molecule has 346 valence electrons. The molecule has 12 rings (SSSR count). The molecule has 0 aliphatic heterocycles. The molecule has 3 heteroatoms.